The zero-order chi connectivity index (χ0) is 23.9. The number of phenols is 1. The second-order valence-electron chi connectivity index (χ2n) is 7.73. The number of carboxylic acid groups (broad SMARTS) is 1. The first-order chi connectivity index (χ1) is 14.4. The third-order valence-electron chi connectivity index (χ3n) is 4.63. The van der Waals surface area contributed by atoms with Crippen LogP contribution in [-0.2, 0) is 19.2 Å². The largest absolute Gasteiger partial charge is 0.507 e. The lowest BCUT2D eigenvalue weighted by Gasteiger charge is -2.24. The highest BCUT2D eigenvalue weighted by atomic mass is 16.4. The minimum absolute atomic E-state index is 0.0890. The van der Waals surface area contributed by atoms with Gasteiger partial charge in [0, 0.05) is 5.56 Å². The third-order valence-corrected chi connectivity index (χ3v) is 4.63. The molecule has 0 heterocycles. The Morgan fingerprint density at radius 3 is 1.97 bits per heavy atom. The van der Waals surface area contributed by atoms with E-state index in [2.05, 4.69) is 16.0 Å². The summed E-state index contributed by atoms with van der Waals surface area (Å²) in [5.74, 6) is -3.33. The summed E-state index contributed by atoms with van der Waals surface area (Å²) in [4.78, 5) is 59.1. The van der Waals surface area contributed by atoms with E-state index in [9.17, 15) is 29.1 Å². The number of amides is 3. The molecule has 0 fully saturated rings. The zero-order valence-corrected chi connectivity index (χ0v) is 18.2. The van der Waals surface area contributed by atoms with E-state index in [1.54, 1.807) is 27.7 Å². The predicted octanol–water partition coefficient (Wildman–Crippen LogP) is 0.427. The topological polar surface area (TPSA) is 162 Å². The SMILES string of the molecule is Cc1cc(C(=O)NC(C(=O)N[C@@H](C)C(=O)N[C@H](C=O)CC(=O)O)C(C)C)cc(C)c1O. The Morgan fingerprint density at radius 2 is 1.52 bits per heavy atom. The fourth-order valence-corrected chi connectivity index (χ4v) is 2.84. The number of hydrogen-bond acceptors (Lipinski definition) is 6. The highest BCUT2D eigenvalue weighted by Crippen LogP contribution is 2.23. The number of carbonyl (C=O) groups is 5. The minimum atomic E-state index is -1.25. The second kappa shape index (κ2) is 11.1. The van der Waals surface area contributed by atoms with E-state index in [1.807, 2.05) is 0 Å². The van der Waals surface area contributed by atoms with E-state index in [1.165, 1.54) is 19.1 Å². The Kier molecular flexibility index (Phi) is 9.16. The first kappa shape index (κ1) is 25.6. The highest BCUT2D eigenvalue weighted by Gasteiger charge is 2.28. The fourth-order valence-electron chi connectivity index (χ4n) is 2.84. The summed E-state index contributed by atoms with van der Waals surface area (Å²) in [5.41, 5.74) is 1.32. The molecule has 0 aromatic heterocycles. The molecule has 0 aliphatic carbocycles. The number of carbonyl (C=O) groups excluding carboxylic acids is 4. The maximum absolute atomic E-state index is 12.7. The summed E-state index contributed by atoms with van der Waals surface area (Å²) in [7, 11) is 0. The molecule has 1 aromatic rings. The van der Waals surface area contributed by atoms with Crippen molar-refractivity contribution < 1.29 is 34.2 Å². The second-order valence-corrected chi connectivity index (χ2v) is 7.73. The molecule has 0 spiro atoms. The normalized spacial score (nSPS) is 13.6. The van der Waals surface area contributed by atoms with Crippen LogP contribution in [0.5, 0.6) is 5.75 Å². The zero-order valence-electron chi connectivity index (χ0n) is 18.2. The van der Waals surface area contributed by atoms with Crippen LogP contribution in [0.4, 0.5) is 0 Å². The summed E-state index contributed by atoms with van der Waals surface area (Å²) in [6.45, 7) is 8.13. The van der Waals surface area contributed by atoms with E-state index in [4.69, 9.17) is 5.11 Å². The molecule has 10 heteroatoms. The molecule has 3 atom stereocenters. The van der Waals surface area contributed by atoms with Crippen molar-refractivity contribution in [2.45, 2.75) is 59.2 Å². The fraction of sp³-hybridized carbons (Fsp3) is 0.476. The van der Waals surface area contributed by atoms with Crippen LogP contribution in [0.1, 0.15) is 48.7 Å². The number of benzene rings is 1. The number of aldehydes is 1. The van der Waals surface area contributed by atoms with Crippen molar-refractivity contribution in [2.75, 3.05) is 0 Å². The van der Waals surface area contributed by atoms with Crippen LogP contribution in [0.3, 0.4) is 0 Å². The van der Waals surface area contributed by atoms with Crippen LogP contribution in [-0.4, -0.2) is 58.3 Å². The van der Waals surface area contributed by atoms with Crippen molar-refractivity contribution in [3.05, 3.63) is 28.8 Å². The molecular weight excluding hydrogens is 406 g/mol. The Morgan fingerprint density at radius 1 is 0.968 bits per heavy atom. The van der Waals surface area contributed by atoms with Gasteiger partial charge in [-0.05, 0) is 49.9 Å². The molecule has 170 valence electrons. The van der Waals surface area contributed by atoms with Gasteiger partial charge in [0.25, 0.3) is 5.91 Å². The quantitative estimate of drug-likeness (QED) is 0.333. The summed E-state index contributed by atoms with van der Waals surface area (Å²) in [5, 5.41) is 25.9. The molecule has 31 heavy (non-hydrogen) atoms. The average molecular weight is 435 g/mol. The Balaban J connectivity index is 2.85. The molecule has 0 saturated carbocycles. The van der Waals surface area contributed by atoms with Gasteiger partial charge in [-0.1, -0.05) is 13.8 Å². The molecular formula is C21H29N3O7. The van der Waals surface area contributed by atoms with E-state index in [0.29, 0.717) is 17.4 Å². The number of phenolic OH excluding ortho intramolecular Hbond substituents is 1. The smallest absolute Gasteiger partial charge is 0.305 e. The molecule has 3 amide bonds. The maximum atomic E-state index is 12.7. The van der Waals surface area contributed by atoms with Crippen LogP contribution in [0.25, 0.3) is 0 Å². The molecule has 1 unspecified atom stereocenters. The van der Waals surface area contributed by atoms with E-state index in [0.717, 1.165) is 0 Å². The monoisotopic (exact) mass is 435 g/mol. The van der Waals surface area contributed by atoms with Crippen molar-refractivity contribution in [2.24, 2.45) is 5.92 Å². The lowest BCUT2D eigenvalue weighted by Crippen LogP contribution is -2.55. The summed E-state index contributed by atoms with van der Waals surface area (Å²) >= 11 is 0. The number of rotatable bonds is 10. The minimum Gasteiger partial charge on any atom is -0.507 e. The van der Waals surface area contributed by atoms with Gasteiger partial charge < -0.3 is 31.0 Å². The molecule has 0 radical (unpaired) electrons. The predicted molar refractivity (Wildman–Crippen MR) is 112 cm³/mol. The van der Waals surface area contributed by atoms with Gasteiger partial charge in [-0.15, -0.1) is 0 Å². The standard InChI is InChI=1S/C21H29N3O7/c1-10(2)17(24-20(30)14-6-11(3)18(28)12(4)7-14)21(31)22-13(5)19(29)23-15(9-25)8-16(26)27/h6-7,9-10,13,15,17,28H,8H2,1-5H3,(H,22,31)(H,23,29)(H,24,30)(H,26,27)/t13-,15-,17?/m0/s1. The van der Waals surface area contributed by atoms with Crippen LogP contribution in [0.2, 0.25) is 0 Å². The van der Waals surface area contributed by atoms with Gasteiger partial charge in [-0.2, -0.15) is 0 Å². The van der Waals surface area contributed by atoms with Gasteiger partial charge >= 0.3 is 5.97 Å². The Hall–Kier alpha value is -3.43. The number of aliphatic carboxylic acids is 1. The van der Waals surface area contributed by atoms with E-state index < -0.39 is 48.2 Å². The van der Waals surface area contributed by atoms with Gasteiger partial charge in [0.15, 0.2) is 0 Å². The molecule has 0 saturated heterocycles. The van der Waals surface area contributed by atoms with Crippen molar-refractivity contribution in [3.63, 3.8) is 0 Å². The lowest BCUT2D eigenvalue weighted by molar-refractivity contribution is -0.139. The molecule has 1 aromatic carbocycles. The van der Waals surface area contributed by atoms with Gasteiger partial charge in [0.05, 0.1) is 12.5 Å². The van der Waals surface area contributed by atoms with Gasteiger partial charge in [-0.25, -0.2) is 0 Å². The molecule has 0 bridgehead atoms. The van der Waals surface area contributed by atoms with Crippen LogP contribution in [0, 0.1) is 19.8 Å². The molecule has 5 N–H and O–H groups in total. The number of hydrogen-bond donors (Lipinski definition) is 5. The molecule has 0 aliphatic rings. The van der Waals surface area contributed by atoms with Crippen molar-refractivity contribution in [3.8, 4) is 5.75 Å². The average Bonchev–Trinajstić information content (AvgIpc) is 2.67. The summed E-state index contributed by atoms with van der Waals surface area (Å²) in [6.07, 6.45) is -0.272. The van der Waals surface area contributed by atoms with Crippen molar-refractivity contribution >= 4 is 30.0 Å². The maximum Gasteiger partial charge on any atom is 0.305 e. The van der Waals surface area contributed by atoms with E-state index in [-0.39, 0.29) is 17.2 Å². The first-order valence-corrected chi connectivity index (χ1v) is 9.76. The molecule has 1 rings (SSSR count). The first-order valence-electron chi connectivity index (χ1n) is 9.76. The highest BCUT2D eigenvalue weighted by molar-refractivity contribution is 5.99. The Labute approximate surface area is 180 Å². The van der Waals surface area contributed by atoms with Gasteiger partial charge in [0.2, 0.25) is 11.8 Å². The Bertz CT molecular complexity index is 844. The lowest BCUT2D eigenvalue weighted by atomic mass is 10.0. The van der Waals surface area contributed by atoms with Gasteiger partial charge in [-0.3, -0.25) is 19.2 Å². The number of aryl methyl sites for hydroxylation is 2. The number of carboxylic acids is 1. The van der Waals surface area contributed by atoms with E-state index >= 15 is 0 Å². The van der Waals surface area contributed by atoms with Gasteiger partial charge in [0.1, 0.15) is 24.1 Å². The van der Waals surface area contributed by atoms with Crippen LogP contribution < -0.4 is 16.0 Å². The van der Waals surface area contributed by atoms with Crippen molar-refractivity contribution in [1.29, 1.82) is 0 Å². The molecule has 10 nitrogen and oxygen atoms in total. The van der Waals surface area contributed by atoms with Crippen LogP contribution >= 0.6 is 0 Å². The molecule has 0 aliphatic heterocycles. The summed E-state index contributed by atoms with van der Waals surface area (Å²) < 4.78 is 0. The van der Waals surface area contributed by atoms with Crippen molar-refractivity contribution in [1.82, 2.24) is 16.0 Å². The van der Waals surface area contributed by atoms with Crippen LogP contribution in [0.15, 0.2) is 12.1 Å². The summed E-state index contributed by atoms with van der Waals surface area (Å²) in [6, 6.07) is -0.236. The number of aromatic hydroxyl groups is 1. The third kappa shape index (κ3) is 7.40. The number of nitrogens with one attached hydrogen (secondary N) is 3.